The van der Waals surface area contributed by atoms with Crippen molar-refractivity contribution in [2.75, 3.05) is 19.7 Å². The number of piperidine rings is 1. The van der Waals surface area contributed by atoms with Gasteiger partial charge in [-0.3, -0.25) is 9.59 Å². The number of nitrogens with one attached hydrogen (secondary N) is 1. The molecule has 0 aliphatic carbocycles. The molecule has 2 N–H and O–H groups in total. The van der Waals surface area contributed by atoms with Crippen molar-refractivity contribution < 1.29 is 38.5 Å². The van der Waals surface area contributed by atoms with Gasteiger partial charge in [0.25, 0.3) is 0 Å². The molecule has 10 nitrogen and oxygen atoms in total. The summed E-state index contributed by atoms with van der Waals surface area (Å²) in [7, 11) is 0. The third-order valence-corrected chi connectivity index (χ3v) is 5.08. The molecule has 10 heteroatoms. The van der Waals surface area contributed by atoms with Gasteiger partial charge in [0.05, 0.1) is 11.7 Å². The summed E-state index contributed by atoms with van der Waals surface area (Å²) in [5.41, 5.74) is 0.141. The lowest BCUT2D eigenvalue weighted by Crippen LogP contribution is -2.53. The predicted octanol–water partition coefficient (Wildman–Crippen LogP) is 2.06. The Labute approximate surface area is 199 Å². The molecule has 2 rings (SSSR count). The molecule has 1 saturated heterocycles. The van der Waals surface area contributed by atoms with Crippen LogP contribution in [-0.4, -0.2) is 77.8 Å². The summed E-state index contributed by atoms with van der Waals surface area (Å²) in [4.78, 5) is 49.4. The van der Waals surface area contributed by atoms with E-state index in [9.17, 15) is 19.2 Å². The normalized spacial score (nSPS) is 16.4. The van der Waals surface area contributed by atoms with Gasteiger partial charge in [-0.1, -0.05) is 30.3 Å². The van der Waals surface area contributed by atoms with Crippen molar-refractivity contribution in [3.05, 3.63) is 35.9 Å². The lowest BCUT2D eigenvalue weighted by molar-refractivity contribution is -0.147. The van der Waals surface area contributed by atoms with E-state index in [1.165, 1.54) is 0 Å². The number of aliphatic carboxylic acids is 1. The van der Waals surface area contributed by atoms with Crippen LogP contribution in [0.15, 0.2) is 30.3 Å². The Morgan fingerprint density at radius 1 is 1.18 bits per heavy atom. The third-order valence-electron chi connectivity index (χ3n) is 5.08. The lowest BCUT2D eigenvalue weighted by atomic mass is 10.0. The van der Waals surface area contributed by atoms with Crippen molar-refractivity contribution in [1.82, 2.24) is 10.2 Å². The Balaban J connectivity index is 2.01. The van der Waals surface area contributed by atoms with Crippen LogP contribution in [0.1, 0.15) is 45.6 Å². The second-order valence-electron chi connectivity index (χ2n) is 9.06. The molecular formula is C24H33N2O8. The first-order valence-corrected chi connectivity index (χ1v) is 11.2. The predicted molar refractivity (Wildman–Crippen MR) is 122 cm³/mol. The van der Waals surface area contributed by atoms with Crippen LogP contribution < -0.4 is 5.32 Å². The molecule has 0 spiro atoms. The van der Waals surface area contributed by atoms with Crippen LogP contribution in [0, 0.1) is 0 Å². The standard InChI is InChI=1S/C24H33N2O8/c1-24(2,3)34-19(14-27)13-20(25-23(31)33-15-17-7-5-4-6-8-17)22(30)26-11-9-18(10-12-26)32-16-21(28)29/h4-8,18-20H,9-13,15-16H2,1-3H3,(H,25,31)(H,28,29)/t19?,20-/m0/s1. The Hall–Kier alpha value is -2.98. The maximum Gasteiger partial charge on any atom is 0.408 e. The number of carbonyl (C=O) groups excluding carboxylic acids is 3. The summed E-state index contributed by atoms with van der Waals surface area (Å²) < 4.78 is 16.2. The molecule has 0 aromatic heterocycles. The van der Waals surface area contributed by atoms with E-state index in [1.807, 2.05) is 18.2 Å². The molecule has 1 heterocycles. The van der Waals surface area contributed by atoms with Crippen LogP contribution in [0.5, 0.6) is 0 Å². The molecule has 1 aromatic carbocycles. The van der Waals surface area contributed by atoms with Gasteiger partial charge in [0.2, 0.25) is 12.2 Å². The molecule has 0 bridgehead atoms. The van der Waals surface area contributed by atoms with Gasteiger partial charge < -0.3 is 29.5 Å². The Morgan fingerprint density at radius 3 is 2.38 bits per heavy atom. The van der Waals surface area contributed by atoms with E-state index < -0.39 is 36.4 Å². The molecule has 1 fully saturated rings. The number of carboxylic acid groups (broad SMARTS) is 1. The van der Waals surface area contributed by atoms with Gasteiger partial charge >= 0.3 is 12.1 Å². The molecule has 1 aliphatic rings. The van der Waals surface area contributed by atoms with Crippen LogP contribution in [-0.2, 0) is 35.2 Å². The molecule has 1 aromatic rings. The van der Waals surface area contributed by atoms with Gasteiger partial charge in [0.1, 0.15) is 25.4 Å². The molecule has 0 saturated carbocycles. The van der Waals surface area contributed by atoms with E-state index in [4.69, 9.17) is 19.3 Å². The largest absolute Gasteiger partial charge is 0.480 e. The first-order chi connectivity index (χ1) is 16.1. The van der Waals surface area contributed by atoms with Crippen molar-refractivity contribution in [3.63, 3.8) is 0 Å². The van der Waals surface area contributed by atoms with Crippen LogP contribution in [0.3, 0.4) is 0 Å². The maximum absolute atomic E-state index is 13.2. The Morgan fingerprint density at radius 2 is 1.82 bits per heavy atom. The fourth-order valence-corrected chi connectivity index (χ4v) is 3.54. The molecule has 187 valence electrons. The summed E-state index contributed by atoms with van der Waals surface area (Å²) in [5, 5.41) is 11.3. The lowest BCUT2D eigenvalue weighted by Gasteiger charge is -2.35. The number of alkyl carbamates (subject to hydrolysis) is 1. The van der Waals surface area contributed by atoms with E-state index in [0.717, 1.165) is 5.56 Å². The second kappa shape index (κ2) is 13.0. The highest BCUT2D eigenvalue weighted by molar-refractivity contribution is 5.86. The summed E-state index contributed by atoms with van der Waals surface area (Å²) >= 11 is 0. The number of rotatable bonds is 11. The van der Waals surface area contributed by atoms with Gasteiger partial charge in [0, 0.05) is 19.5 Å². The monoisotopic (exact) mass is 477 g/mol. The van der Waals surface area contributed by atoms with Crippen molar-refractivity contribution in [1.29, 1.82) is 0 Å². The van der Waals surface area contributed by atoms with Gasteiger partial charge in [-0.25, -0.2) is 9.59 Å². The average molecular weight is 478 g/mol. The molecular weight excluding hydrogens is 444 g/mol. The zero-order valence-electron chi connectivity index (χ0n) is 19.8. The smallest absolute Gasteiger partial charge is 0.408 e. The Bertz CT molecular complexity index is 816. The van der Waals surface area contributed by atoms with Gasteiger partial charge in [-0.2, -0.15) is 0 Å². The van der Waals surface area contributed by atoms with E-state index in [2.05, 4.69) is 5.32 Å². The highest BCUT2D eigenvalue weighted by Crippen LogP contribution is 2.18. The fourth-order valence-electron chi connectivity index (χ4n) is 3.54. The van der Waals surface area contributed by atoms with Gasteiger partial charge in [0.15, 0.2) is 0 Å². The first-order valence-electron chi connectivity index (χ1n) is 11.2. The summed E-state index contributed by atoms with van der Waals surface area (Å²) in [5.74, 6) is -1.43. The van der Waals surface area contributed by atoms with Crippen molar-refractivity contribution in [2.24, 2.45) is 0 Å². The SMILES string of the molecule is CC(C)(C)OC([C]=O)C[C@H](NC(=O)OCc1ccccc1)C(=O)N1CCC(OCC(=O)O)CC1. The number of hydrogen-bond acceptors (Lipinski definition) is 7. The van der Waals surface area contributed by atoms with Crippen molar-refractivity contribution >= 4 is 24.3 Å². The van der Waals surface area contributed by atoms with Crippen LogP contribution in [0.25, 0.3) is 0 Å². The minimum atomic E-state index is -1.06. The molecule has 1 unspecified atom stereocenters. The summed E-state index contributed by atoms with van der Waals surface area (Å²) in [6.07, 6.45) is 0.549. The molecule has 34 heavy (non-hydrogen) atoms. The first kappa shape index (κ1) is 27.3. The zero-order valence-corrected chi connectivity index (χ0v) is 19.8. The van der Waals surface area contributed by atoms with Crippen LogP contribution in [0.2, 0.25) is 0 Å². The van der Waals surface area contributed by atoms with Gasteiger partial charge in [-0.05, 0) is 39.2 Å². The van der Waals surface area contributed by atoms with Crippen molar-refractivity contribution in [2.45, 2.75) is 70.5 Å². The fraction of sp³-hybridized carbons (Fsp3) is 0.583. The number of ether oxygens (including phenoxy) is 3. The average Bonchev–Trinajstić information content (AvgIpc) is 2.80. The minimum Gasteiger partial charge on any atom is -0.480 e. The zero-order chi connectivity index (χ0) is 25.1. The van der Waals surface area contributed by atoms with E-state index in [1.54, 1.807) is 44.1 Å². The topological polar surface area (TPSA) is 131 Å². The molecule has 2 amide bonds. The number of hydrogen-bond donors (Lipinski definition) is 2. The molecule has 1 aliphatic heterocycles. The maximum atomic E-state index is 13.2. The van der Waals surface area contributed by atoms with E-state index in [-0.39, 0.29) is 25.0 Å². The minimum absolute atomic E-state index is 0.0294. The highest BCUT2D eigenvalue weighted by atomic mass is 16.5. The number of carbonyl (C=O) groups is 3. The summed E-state index contributed by atoms with van der Waals surface area (Å²) in [6.45, 7) is 5.62. The number of carboxylic acids is 1. The van der Waals surface area contributed by atoms with Crippen molar-refractivity contribution in [3.8, 4) is 0 Å². The highest BCUT2D eigenvalue weighted by Gasteiger charge is 2.33. The Kier molecular flexibility index (Phi) is 10.5. The number of amides is 2. The van der Waals surface area contributed by atoms with E-state index in [0.29, 0.717) is 25.9 Å². The van der Waals surface area contributed by atoms with E-state index >= 15 is 0 Å². The number of likely N-dealkylation sites (tertiary alicyclic amines) is 1. The molecule has 1 radical (unpaired) electrons. The third kappa shape index (κ3) is 9.88. The molecule has 2 atom stereocenters. The van der Waals surface area contributed by atoms with Gasteiger partial charge in [-0.15, -0.1) is 0 Å². The number of benzene rings is 1. The quantitative estimate of drug-likeness (QED) is 0.495. The summed E-state index contributed by atoms with van der Waals surface area (Å²) in [6, 6.07) is 8.04. The van der Waals surface area contributed by atoms with Crippen LogP contribution in [0.4, 0.5) is 4.79 Å². The second-order valence-corrected chi connectivity index (χ2v) is 9.06. The van der Waals surface area contributed by atoms with Crippen LogP contribution >= 0.6 is 0 Å². The number of nitrogens with zero attached hydrogens (tertiary/aromatic N) is 1.